The van der Waals surface area contributed by atoms with Gasteiger partial charge in [-0.2, -0.15) is 0 Å². The molecule has 0 spiro atoms. The van der Waals surface area contributed by atoms with Crippen LogP contribution in [-0.4, -0.2) is 45.6 Å². The lowest BCUT2D eigenvalue weighted by Crippen LogP contribution is -2.19. The average Bonchev–Trinajstić information content (AvgIpc) is 2.84. The Morgan fingerprint density at radius 2 is 1.53 bits per heavy atom. The second kappa shape index (κ2) is 12.3. The molecule has 0 aliphatic carbocycles. The Morgan fingerprint density at radius 3 is 2.06 bits per heavy atom. The SMILES string of the molecule is CCCCCOC(=O)CCP(=O)(C(=O)c1c(OC)cc(OC)cc1OC)c1ccccc1. The van der Waals surface area contributed by atoms with E-state index in [0.29, 0.717) is 17.7 Å². The zero-order chi connectivity index (χ0) is 23.6. The van der Waals surface area contributed by atoms with Gasteiger partial charge in [-0.05, 0) is 6.42 Å². The van der Waals surface area contributed by atoms with Crippen molar-refractivity contribution in [2.75, 3.05) is 34.1 Å². The van der Waals surface area contributed by atoms with Gasteiger partial charge in [-0.25, -0.2) is 0 Å². The molecule has 0 aromatic heterocycles. The Morgan fingerprint density at radius 1 is 0.906 bits per heavy atom. The van der Waals surface area contributed by atoms with Crippen molar-refractivity contribution in [3.05, 3.63) is 48.0 Å². The Bertz CT molecular complexity index is 931. The van der Waals surface area contributed by atoms with Crippen LogP contribution in [0.15, 0.2) is 42.5 Å². The number of carbonyl (C=O) groups excluding carboxylic acids is 2. The van der Waals surface area contributed by atoms with Crippen LogP contribution in [0.25, 0.3) is 0 Å². The van der Waals surface area contributed by atoms with Crippen molar-refractivity contribution < 1.29 is 33.1 Å². The summed E-state index contributed by atoms with van der Waals surface area (Å²) >= 11 is 0. The minimum absolute atomic E-state index is 0.0549. The van der Waals surface area contributed by atoms with Gasteiger partial charge < -0.3 is 23.5 Å². The van der Waals surface area contributed by atoms with Crippen LogP contribution >= 0.6 is 7.14 Å². The van der Waals surface area contributed by atoms with Crippen LogP contribution in [0.1, 0.15) is 43.0 Å². The first-order valence-corrected chi connectivity index (χ1v) is 12.5. The molecular weight excluding hydrogens is 431 g/mol. The number of hydrogen-bond donors (Lipinski definition) is 0. The fourth-order valence-corrected chi connectivity index (χ4v) is 5.70. The predicted octanol–water partition coefficient (Wildman–Crippen LogP) is 4.66. The van der Waals surface area contributed by atoms with E-state index in [0.717, 1.165) is 19.3 Å². The highest BCUT2D eigenvalue weighted by Crippen LogP contribution is 2.52. The minimum Gasteiger partial charge on any atom is -0.496 e. The Balaban J connectivity index is 2.41. The van der Waals surface area contributed by atoms with Gasteiger partial charge >= 0.3 is 5.97 Å². The molecule has 0 fully saturated rings. The van der Waals surface area contributed by atoms with Gasteiger partial charge in [0, 0.05) is 23.6 Å². The van der Waals surface area contributed by atoms with E-state index in [1.165, 1.54) is 33.5 Å². The molecule has 8 heteroatoms. The van der Waals surface area contributed by atoms with Crippen LogP contribution in [-0.2, 0) is 14.1 Å². The lowest BCUT2D eigenvalue weighted by molar-refractivity contribution is -0.143. The minimum atomic E-state index is -3.73. The molecule has 1 unspecified atom stereocenters. The monoisotopic (exact) mass is 462 g/mol. The standard InChI is InChI=1S/C24H31O7P/c1-5-6-10-14-31-22(25)13-15-32(27,19-11-8-7-9-12-19)24(26)23-20(29-3)16-18(28-2)17-21(23)30-4/h7-9,11-12,16-17H,5-6,10,13-15H2,1-4H3. The maximum Gasteiger partial charge on any atom is 0.306 e. The Hall–Kier alpha value is -2.79. The van der Waals surface area contributed by atoms with Gasteiger partial charge in [0.25, 0.3) is 0 Å². The summed E-state index contributed by atoms with van der Waals surface area (Å²) in [6.07, 6.45) is 2.47. The average molecular weight is 462 g/mol. The molecule has 2 aromatic carbocycles. The molecule has 0 saturated heterocycles. The van der Waals surface area contributed by atoms with Gasteiger partial charge in [-0.15, -0.1) is 0 Å². The molecule has 7 nitrogen and oxygen atoms in total. The second-order valence-corrected chi connectivity index (χ2v) is 10.0. The number of methoxy groups -OCH3 is 3. The Labute approximate surface area is 189 Å². The summed E-state index contributed by atoms with van der Waals surface area (Å²) in [6.45, 7) is 2.38. The highest BCUT2D eigenvalue weighted by atomic mass is 31.2. The van der Waals surface area contributed by atoms with Crippen LogP contribution in [0.5, 0.6) is 17.2 Å². The number of unbranched alkanes of at least 4 members (excludes halogenated alkanes) is 2. The number of ether oxygens (including phenoxy) is 4. The van der Waals surface area contributed by atoms with Crippen molar-refractivity contribution in [1.29, 1.82) is 0 Å². The van der Waals surface area contributed by atoms with Crippen molar-refractivity contribution in [2.45, 2.75) is 32.6 Å². The molecule has 0 amide bonds. The molecule has 0 N–H and O–H groups in total. The lowest BCUT2D eigenvalue weighted by Gasteiger charge is -2.21. The smallest absolute Gasteiger partial charge is 0.306 e. The molecule has 0 heterocycles. The van der Waals surface area contributed by atoms with Gasteiger partial charge in [0.15, 0.2) is 7.14 Å². The topological polar surface area (TPSA) is 88.1 Å². The quantitative estimate of drug-likeness (QED) is 0.243. The zero-order valence-electron chi connectivity index (χ0n) is 19.1. The number of benzene rings is 2. The first kappa shape index (κ1) is 25.5. The largest absolute Gasteiger partial charge is 0.496 e. The van der Waals surface area contributed by atoms with Crippen LogP contribution in [0.4, 0.5) is 0 Å². The number of esters is 1. The van der Waals surface area contributed by atoms with Gasteiger partial charge in [0.1, 0.15) is 22.8 Å². The summed E-state index contributed by atoms with van der Waals surface area (Å²) < 4.78 is 35.4. The first-order valence-electron chi connectivity index (χ1n) is 10.6. The molecule has 2 aromatic rings. The molecule has 2 rings (SSSR count). The molecular formula is C24H31O7P. The molecule has 32 heavy (non-hydrogen) atoms. The molecule has 0 aliphatic heterocycles. The van der Waals surface area contributed by atoms with Crippen molar-refractivity contribution in [3.8, 4) is 17.2 Å². The second-order valence-electron chi connectivity index (χ2n) is 7.19. The molecule has 0 bridgehead atoms. The summed E-state index contributed by atoms with van der Waals surface area (Å²) in [5.41, 5.74) is -0.585. The first-order chi connectivity index (χ1) is 15.4. The highest BCUT2D eigenvalue weighted by Gasteiger charge is 2.38. The predicted molar refractivity (Wildman–Crippen MR) is 124 cm³/mol. The van der Waals surface area contributed by atoms with Gasteiger partial charge in [-0.1, -0.05) is 50.1 Å². The third-order valence-corrected chi connectivity index (χ3v) is 7.94. The van der Waals surface area contributed by atoms with Crippen molar-refractivity contribution in [2.24, 2.45) is 0 Å². The van der Waals surface area contributed by atoms with Crippen molar-refractivity contribution in [1.82, 2.24) is 0 Å². The number of hydrogen-bond acceptors (Lipinski definition) is 7. The van der Waals surface area contributed by atoms with Gasteiger partial charge in [0.05, 0.1) is 34.4 Å². The van der Waals surface area contributed by atoms with E-state index in [-0.39, 0.29) is 29.6 Å². The maximum atomic E-state index is 14.2. The summed E-state index contributed by atoms with van der Waals surface area (Å²) in [5.74, 6) is 0.327. The van der Waals surface area contributed by atoms with E-state index in [9.17, 15) is 14.2 Å². The van der Waals surface area contributed by atoms with E-state index in [1.807, 2.05) is 0 Å². The van der Waals surface area contributed by atoms with Gasteiger partial charge in [0.2, 0.25) is 5.52 Å². The van der Waals surface area contributed by atoms with Gasteiger partial charge in [-0.3, -0.25) is 9.59 Å². The van der Waals surface area contributed by atoms with E-state index in [1.54, 1.807) is 30.3 Å². The normalized spacial score (nSPS) is 12.5. The summed E-state index contributed by atoms with van der Waals surface area (Å²) in [6, 6.07) is 11.5. The lowest BCUT2D eigenvalue weighted by atomic mass is 10.2. The van der Waals surface area contributed by atoms with Crippen LogP contribution in [0, 0.1) is 0 Å². The Kier molecular flexibility index (Phi) is 9.79. The third kappa shape index (κ3) is 6.13. The van der Waals surface area contributed by atoms with E-state index in [2.05, 4.69) is 6.92 Å². The van der Waals surface area contributed by atoms with Crippen LogP contribution in [0.2, 0.25) is 0 Å². The fourth-order valence-electron chi connectivity index (χ4n) is 3.27. The summed E-state index contributed by atoms with van der Waals surface area (Å²) in [4.78, 5) is 26.0. The highest BCUT2D eigenvalue weighted by molar-refractivity contribution is 7.87. The molecule has 0 aliphatic rings. The van der Waals surface area contributed by atoms with Crippen LogP contribution < -0.4 is 19.5 Å². The zero-order valence-corrected chi connectivity index (χ0v) is 20.0. The van der Waals surface area contributed by atoms with Crippen LogP contribution in [0.3, 0.4) is 0 Å². The third-order valence-electron chi connectivity index (χ3n) is 5.07. The van der Waals surface area contributed by atoms with Crippen molar-refractivity contribution in [3.63, 3.8) is 0 Å². The summed E-state index contributed by atoms with van der Waals surface area (Å²) in [7, 11) is 0.573. The van der Waals surface area contributed by atoms with Crippen molar-refractivity contribution >= 4 is 23.9 Å². The molecule has 1 atom stereocenters. The fraction of sp³-hybridized carbons (Fsp3) is 0.417. The molecule has 0 radical (unpaired) electrons. The molecule has 174 valence electrons. The molecule has 0 saturated carbocycles. The number of rotatable bonds is 13. The summed E-state index contributed by atoms with van der Waals surface area (Å²) in [5, 5.41) is 0.365. The maximum absolute atomic E-state index is 14.2. The van der Waals surface area contributed by atoms with E-state index >= 15 is 0 Å². The number of carbonyl (C=O) groups is 2. The van der Waals surface area contributed by atoms with E-state index in [4.69, 9.17) is 18.9 Å². The van der Waals surface area contributed by atoms with E-state index < -0.39 is 18.6 Å².